The summed E-state index contributed by atoms with van der Waals surface area (Å²) < 4.78 is 27.3. The summed E-state index contributed by atoms with van der Waals surface area (Å²) in [4.78, 5) is 12.8. The first-order valence-corrected chi connectivity index (χ1v) is 11.9. The molecule has 0 saturated carbocycles. The predicted molar refractivity (Wildman–Crippen MR) is 115 cm³/mol. The Morgan fingerprint density at radius 1 is 0.966 bits per heavy atom. The number of sulfonamides is 1. The average Bonchev–Trinajstić information content (AvgIpc) is 3.03. The van der Waals surface area contributed by atoms with E-state index < -0.39 is 10.0 Å². The molecule has 2 aromatic carbocycles. The van der Waals surface area contributed by atoms with Gasteiger partial charge in [-0.3, -0.25) is 4.79 Å². The number of carbonyl (C=O) groups is 1. The molecular weight excluding hydrogens is 384 g/mol. The van der Waals surface area contributed by atoms with E-state index in [2.05, 4.69) is 17.4 Å². The van der Waals surface area contributed by atoms with Crippen LogP contribution < -0.4 is 5.32 Å². The van der Waals surface area contributed by atoms with E-state index in [1.54, 1.807) is 28.6 Å². The molecule has 1 atom stereocenters. The van der Waals surface area contributed by atoms with Gasteiger partial charge in [-0.2, -0.15) is 4.31 Å². The van der Waals surface area contributed by atoms with Gasteiger partial charge in [0, 0.05) is 24.7 Å². The fourth-order valence-corrected chi connectivity index (χ4v) is 5.13. The number of carbonyl (C=O) groups excluding carboxylic acids is 1. The molecule has 1 unspecified atom stereocenters. The Morgan fingerprint density at radius 2 is 1.59 bits per heavy atom. The van der Waals surface area contributed by atoms with E-state index in [1.807, 2.05) is 25.1 Å². The molecule has 29 heavy (non-hydrogen) atoms. The second kappa shape index (κ2) is 10.0. The van der Waals surface area contributed by atoms with E-state index >= 15 is 0 Å². The largest absolute Gasteiger partial charge is 0.350 e. The van der Waals surface area contributed by atoms with Crippen molar-refractivity contribution in [3.63, 3.8) is 0 Å². The van der Waals surface area contributed by atoms with Gasteiger partial charge in [0.05, 0.1) is 4.90 Å². The maximum atomic E-state index is 12.8. The van der Waals surface area contributed by atoms with Gasteiger partial charge in [0.15, 0.2) is 0 Å². The molecule has 2 aromatic rings. The molecule has 0 aliphatic carbocycles. The van der Waals surface area contributed by atoms with Gasteiger partial charge in [-0.1, -0.05) is 43.2 Å². The molecule has 156 valence electrons. The van der Waals surface area contributed by atoms with Crippen LogP contribution in [0, 0.1) is 0 Å². The van der Waals surface area contributed by atoms with Crippen LogP contribution in [0.15, 0.2) is 59.5 Å². The van der Waals surface area contributed by atoms with Gasteiger partial charge < -0.3 is 5.32 Å². The number of benzene rings is 2. The van der Waals surface area contributed by atoms with Gasteiger partial charge in [-0.25, -0.2) is 8.42 Å². The minimum atomic E-state index is -3.49. The summed E-state index contributed by atoms with van der Waals surface area (Å²) in [6.07, 6.45) is 5.70. The minimum absolute atomic E-state index is 0.0308. The summed E-state index contributed by atoms with van der Waals surface area (Å²) in [6, 6.07) is 16.5. The molecule has 3 rings (SSSR count). The van der Waals surface area contributed by atoms with Crippen LogP contribution in [0.3, 0.4) is 0 Å². The summed E-state index contributed by atoms with van der Waals surface area (Å²) in [7, 11) is -3.49. The van der Waals surface area contributed by atoms with Crippen molar-refractivity contribution >= 4 is 15.9 Å². The molecule has 0 bridgehead atoms. The standard InChI is InChI=1S/C23H30N2O3S/c1-19(11-12-20-9-5-4-6-10-20)24-23(26)21-13-15-22(16-14-21)29(27,28)25-17-7-2-3-8-18-25/h4-6,9-10,13-16,19H,2-3,7-8,11-12,17-18H2,1H3,(H,24,26). The second-order valence-electron chi connectivity index (χ2n) is 7.74. The van der Waals surface area contributed by atoms with Crippen LogP contribution in [-0.4, -0.2) is 37.8 Å². The molecule has 0 aromatic heterocycles. The molecular formula is C23H30N2O3S. The maximum absolute atomic E-state index is 12.8. The first-order chi connectivity index (χ1) is 14.0. The van der Waals surface area contributed by atoms with E-state index in [0.29, 0.717) is 18.7 Å². The third-order valence-electron chi connectivity index (χ3n) is 5.41. The van der Waals surface area contributed by atoms with Crippen molar-refractivity contribution in [3.05, 3.63) is 65.7 Å². The highest BCUT2D eigenvalue weighted by molar-refractivity contribution is 7.89. The van der Waals surface area contributed by atoms with Gasteiger partial charge in [0.2, 0.25) is 10.0 Å². The quantitative estimate of drug-likeness (QED) is 0.745. The third kappa shape index (κ3) is 5.90. The van der Waals surface area contributed by atoms with Crippen molar-refractivity contribution in [2.24, 2.45) is 0 Å². The summed E-state index contributed by atoms with van der Waals surface area (Å²) in [5.41, 5.74) is 1.73. The third-order valence-corrected chi connectivity index (χ3v) is 7.32. The highest BCUT2D eigenvalue weighted by Crippen LogP contribution is 2.20. The predicted octanol–water partition coefficient (Wildman–Crippen LogP) is 4.00. The number of hydrogen-bond donors (Lipinski definition) is 1. The zero-order valence-corrected chi connectivity index (χ0v) is 17.8. The van der Waals surface area contributed by atoms with Crippen molar-refractivity contribution in [1.82, 2.24) is 9.62 Å². The summed E-state index contributed by atoms with van der Waals surface area (Å²) in [6.45, 7) is 3.13. The number of aryl methyl sites for hydroxylation is 1. The monoisotopic (exact) mass is 414 g/mol. The van der Waals surface area contributed by atoms with E-state index in [1.165, 1.54) is 5.56 Å². The summed E-state index contributed by atoms with van der Waals surface area (Å²) >= 11 is 0. The van der Waals surface area contributed by atoms with Gasteiger partial charge in [-0.05, 0) is 62.4 Å². The molecule has 0 radical (unpaired) electrons. The molecule has 1 N–H and O–H groups in total. The van der Waals surface area contributed by atoms with Crippen molar-refractivity contribution in [2.45, 2.75) is 56.4 Å². The van der Waals surface area contributed by atoms with Crippen molar-refractivity contribution in [1.29, 1.82) is 0 Å². The second-order valence-corrected chi connectivity index (χ2v) is 9.68. The molecule has 5 nitrogen and oxygen atoms in total. The van der Waals surface area contributed by atoms with Crippen molar-refractivity contribution in [3.8, 4) is 0 Å². The SMILES string of the molecule is CC(CCc1ccccc1)NC(=O)c1ccc(S(=O)(=O)N2CCCCCC2)cc1. The van der Waals surface area contributed by atoms with E-state index in [-0.39, 0.29) is 16.8 Å². The van der Waals surface area contributed by atoms with E-state index in [9.17, 15) is 13.2 Å². The lowest BCUT2D eigenvalue weighted by molar-refractivity contribution is 0.0938. The lowest BCUT2D eigenvalue weighted by atomic mass is 10.1. The van der Waals surface area contributed by atoms with Gasteiger partial charge in [-0.15, -0.1) is 0 Å². The minimum Gasteiger partial charge on any atom is -0.350 e. The number of nitrogens with one attached hydrogen (secondary N) is 1. The fourth-order valence-electron chi connectivity index (χ4n) is 3.62. The molecule has 0 spiro atoms. The molecule has 1 saturated heterocycles. The van der Waals surface area contributed by atoms with Gasteiger partial charge >= 0.3 is 0 Å². The van der Waals surface area contributed by atoms with E-state index in [0.717, 1.165) is 38.5 Å². The number of hydrogen-bond acceptors (Lipinski definition) is 3. The maximum Gasteiger partial charge on any atom is 0.251 e. The smallest absolute Gasteiger partial charge is 0.251 e. The average molecular weight is 415 g/mol. The summed E-state index contributed by atoms with van der Waals surface area (Å²) in [5.74, 6) is -0.177. The fraction of sp³-hybridized carbons (Fsp3) is 0.435. The molecule has 1 aliphatic rings. The molecule has 1 heterocycles. The Balaban J connectivity index is 1.58. The zero-order chi connectivity index (χ0) is 20.7. The van der Waals surface area contributed by atoms with Crippen LogP contribution in [0.25, 0.3) is 0 Å². The Hall–Kier alpha value is -2.18. The van der Waals surface area contributed by atoms with Gasteiger partial charge in [0.1, 0.15) is 0 Å². The highest BCUT2D eigenvalue weighted by Gasteiger charge is 2.25. The molecule has 1 amide bonds. The lowest BCUT2D eigenvalue weighted by Gasteiger charge is -2.20. The molecule has 1 aliphatic heterocycles. The van der Waals surface area contributed by atoms with Crippen molar-refractivity contribution in [2.75, 3.05) is 13.1 Å². The van der Waals surface area contributed by atoms with Crippen LogP contribution in [0.4, 0.5) is 0 Å². The Labute approximate surface area is 174 Å². The highest BCUT2D eigenvalue weighted by atomic mass is 32.2. The Morgan fingerprint density at radius 3 is 2.21 bits per heavy atom. The molecule has 6 heteroatoms. The van der Waals surface area contributed by atoms with Gasteiger partial charge in [0.25, 0.3) is 5.91 Å². The van der Waals surface area contributed by atoms with Crippen LogP contribution in [0.2, 0.25) is 0 Å². The van der Waals surface area contributed by atoms with Crippen LogP contribution in [0.5, 0.6) is 0 Å². The van der Waals surface area contributed by atoms with Crippen LogP contribution >= 0.6 is 0 Å². The first-order valence-electron chi connectivity index (χ1n) is 10.4. The summed E-state index contributed by atoms with van der Waals surface area (Å²) in [5, 5.41) is 3.00. The normalized spacial score (nSPS) is 16.7. The van der Waals surface area contributed by atoms with Crippen LogP contribution in [-0.2, 0) is 16.4 Å². The topological polar surface area (TPSA) is 66.5 Å². The van der Waals surface area contributed by atoms with Crippen LogP contribution in [0.1, 0.15) is 54.9 Å². The molecule has 1 fully saturated rings. The Bertz CT molecular complexity index is 887. The first kappa shape index (κ1) is 21.5. The number of amides is 1. The lowest BCUT2D eigenvalue weighted by Crippen LogP contribution is -2.33. The van der Waals surface area contributed by atoms with E-state index in [4.69, 9.17) is 0 Å². The zero-order valence-electron chi connectivity index (χ0n) is 17.0. The Kier molecular flexibility index (Phi) is 7.45. The number of rotatable bonds is 7. The van der Waals surface area contributed by atoms with Crippen molar-refractivity contribution < 1.29 is 13.2 Å². The number of nitrogens with zero attached hydrogens (tertiary/aromatic N) is 1.